The Morgan fingerprint density at radius 3 is 2.48 bits per heavy atom. The van der Waals surface area contributed by atoms with Crippen molar-refractivity contribution in [2.75, 3.05) is 0 Å². The Kier molecular flexibility index (Phi) is 5.42. The predicted molar refractivity (Wildman–Crippen MR) is 93.8 cm³/mol. The lowest BCUT2D eigenvalue weighted by atomic mass is 9.84. The number of aliphatic hydroxyl groups is 1. The van der Waals surface area contributed by atoms with Crippen molar-refractivity contribution >= 4 is 11.9 Å². The first-order valence-electron chi connectivity index (χ1n) is 9.19. The first kappa shape index (κ1) is 17.9. The van der Waals surface area contributed by atoms with E-state index in [1.807, 2.05) is 0 Å². The van der Waals surface area contributed by atoms with Crippen LogP contribution in [0.2, 0.25) is 0 Å². The van der Waals surface area contributed by atoms with Crippen LogP contribution in [0.3, 0.4) is 0 Å². The van der Waals surface area contributed by atoms with Gasteiger partial charge in [0.25, 0.3) is 5.91 Å². The fourth-order valence-electron chi connectivity index (χ4n) is 4.38. The monoisotopic (exact) mass is 345 g/mol. The van der Waals surface area contributed by atoms with E-state index in [1.165, 1.54) is 25.7 Å². The molecule has 0 saturated heterocycles. The first-order chi connectivity index (χ1) is 12.0. The van der Waals surface area contributed by atoms with Crippen LogP contribution in [-0.4, -0.2) is 29.1 Å². The summed E-state index contributed by atoms with van der Waals surface area (Å²) in [5.41, 5.74) is 1.10. The molecule has 0 aliphatic heterocycles. The SMILES string of the molecule is C[C@H](OC(=O)c1ccc(CO)cc1)C(=O)N[C@H](C)[C@@H]1C[C@H]2CC[C@H]1C2. The minimum Gasteiger partial charge on any atom is -0.449 e. The van der Waals surface area contributed by atoms with Crippen LogP contribution in [0.4, 0.5) is 0 Å². The molecule has 0 spiro atoms. The van der Waals surface area contributed by atoms with Crippen molar-refractivity contribution in [1.82, 2.24) is 5.32 Å². The number of benzene rings is 1. The highest BCUT2D eigenvalue weighted by Gasteiger charge is 2.42. The molecule has 0 radical (unpaired) electrons. The number of amides is 1. The fraction of sp³-hybridized carbons (Fsp3) is 0.600. The smallest absolute Gasteiger partial charge is 0.338 e. The minimum atomic E-state index is -0.828. The van der Waals surface area contributed by atoms with Crippen LogP contribution in [0, 0.1) is 17.8 Å². The van der Waals surface area contributed by atoms with Gasteiger partial charge in [-0.2, -0.15) is 0 Å². The Balaban J connectivity index is 1.50. The highest BCUT2D eigenvalue weighted by molar-refractivity contribution is 5.92. The number of carbonyl (C=O) groups excluding carboxylic acids is 2. The molecule has 5 heteroatoms. The van der Waals surface area contributed by atoms with Gasteiger partial charge in [-0.15, -0.1) is 0 Å². The van der Waals surface area contributed by atoms with E-state index in [4.69, 9.17) is 9.84 Å². The molecule has 136 valence electrons. The lowest BCUT2D eigenvalue weighted by Gasteiger charge is -2.29. The van der Waals surface area contributed by atoms with Crippen molar-refractivity contribution < 1.29 is 19.4 Å². The number of ether oxygens (including phenoxy) is 1. The Morgan fingerprint density at radius 2 is 1.92 bits per heavy atom. The molecule has 2 fully saturated rings. The van der Waals surface area contributed by atoms with Crippen molar-refractivity contribution in [3.8, 4) is 0 Å². The zero-order valence-corrected chi connectivity index (χ0v) is 14.9. The van der Waals surface area contributed by atoms with Gasteiger partial charge in [0, 0.05) is 6.04 Å². The van der Waals surface area contributed by atoms with Gasteiger partial charge in [0.1, 0.15) is 0 Å². The first-order valence-corrected chi connectivity index (χ1v) is 9.19. The quantitative estimate of drug-likeness (QED) is 0.777. The van der Waals surface area contributed by atoms with Gasteiger partial charge < -0.3 is 15.2 Å². The molecule has 1 aromatic carbocycles. The number of hydrogen-bond acceptors (Lipinski definition) is 4. The molecule has 2 aliphatic carbocycles. The van der Waals surface area contributed by atoms with Gasteiger partial charge in [0.2, 0.25) is 0 Å². The summed E-state index contributed by atoms with van der Waals surface area (Å²) < 4.78 is 5.28. The van der Waals surface area contributed by atoms with Gasteiger partial charge in [-0.3, -0.25) is 4.79 Å². The summed E-state index contributed by atoms with van der Waals surface area (Å²) in [4.78, 5) is 24.5. The Labute approximate surface area is 148 Å². The van der Waals surface area contributed by atoms with E-state index >= 15 is 0 Å². The molecular weight excluding hydrogens is 318 g/mol. The zero-order valence-electron chi connectivity index (χ0n) is 14.9. The molecule has 0 aromatic heterocycles. The van der Waals surface area contributed by atoms with Crippen LogP contribution >= 0.6 is 0 Å². The van der Waals surface area contributed by atoms with Crippen LogP contribution < -0.4 is 5.32 Å². The highest BCUT2D eigenvalue weighted by Crippen LogP contribution is 2.49. The molecule has 1 amide bonds. The number of carbonyl (C=O) groups is 2. The number of fused-ring (bicyclic) bond motifs is 2. The predicted octanol–water partition coefficient (Wildman–Crippen LogP) is 2.67. The van der Waals surface area contributed by atoms with E-state index in [1.54, 1.807) is 31.2 Å². The molecule has 0 heterocycles. The van der Waals surface area contributed by atoms with E-state index in [0.717, 1.165) is 17.4 Å². The molecule has 1 aromatic rings. The van der Waals surface area contributed by atoms with Crippen molar-refractivity contribution in [3.05, 3.63) is 35.4 Å². The highest BCUT2D eigenvalue weighted by atomic mass is 16.5. The van der Waals surface area contributed by atoms with E-state index < -0.39 is 12.1 Å². The van der Waals surface area contributed by atoms with Crippen LogP contribution in [0.15, 0.2) is 24.3 Å². The molecule has 0 unspecified atom stereocenters. The molecule has 3 rings (SSSR count). The Hall–Kier alpha value is -1.88. The average molecular weight is 345 g/mol. The van der Waals surface area contributed by atoms with E-state index in [-0.39, 0.29) is 18.6 Å². The van der Waals surface area contributed by atoms with Crippen LogP contribution in [-0.2, 0) is 16.1 Å². The van der Waals surface area contributed by atoms with Gasteiger partial charge >= 0.3 is 5.97 Å². The van der Waals surface area contributed by atoms with Crippen molar-refractivity contribution in [3.63, 3.8) is 0 Å². The summed E-state index contributed by atoms with van der Waals surface area (Å²) in [6, 6.07) is 6.64. The second-order valence-corrected chi connectivity index (χ2v) is 7.54. The van der Waals surface area contributed by atoms with Gasteiger partial charge in [-0.1, -0.05) is 18.6 Å². The standard InChI is InChI=1S/C20H27NO4/c1-12(18-10-15-5-8-17(18)9-15)21-19(23)13(2)25-20(24)16-6-3-14(11-22)4-7-16/h3-4,6-7,12-13,15,17-18,22H,5,8-11H2,1-2H3,(H,21,23)/t12-,13+,15+,17+,18+/m1/s1. The molecule has 5 nitrogen and oxygen atoms in total. The Bertz CT molecular complexity index is 627. The lowest BCUT2D eigenvalue weighted by Crippen LogP contribution is -2.45. The molecular formula is C20H27NO4. The molecule has 25 heavy (non-hydrogen) atoms. The summed E-state index contributed by atoms with van der Waals surface area (Å²) in [6.45, 7) is 3.59. The van der Waals surface area contributed by atoms with E-state index in [9.17, 15) is 9.59 Å². The van der Waals surface area contributed by atoms with Crippen molar-refractivity contribution in [2.24, 2.45) is 17.8 Å². The molecule has 2 saturated carbocycles. The number of hydrogen-bond donors (Lipinski definition) is 2. The average Bonchev–Trinajstić information content (AvgIpc) is 3.25. The fourth-order valence-corrected chi connectivity index (χ4v) is 4.38. The molecule has 2 bridgehead atoms. The molecule has 5 atom stereocenters. The van der Waals surface area contributed by atoms with Crippen LogP contribution in [0.25, 0.3) is 0 Å². The third-order valence-corrected chi connectivity index (χ3v) is 5.83. The summed E-state index contributed by atoms with van der Waals surface area (Å²) in [5, 5.41) is 12.1. The molecule has 2 aliphatic rings. The summed E-state index contributed by atoms with van der Waals surface area (Å²) in [7, 11) is 0. The number of rotatable bonds is 6. The van der Waals surface area contributed by atoms with Crippen molar-refractivity contribution in [2.45, 2.75) is 58.3 Å². The number of esters is 1. The van der Waals surface area contributed by atoms with E-state index in [2.05, 4.69) is 12.2 Å². The summed E-state index contributed by atoms with van der Waals surface area (Å²) >= 11 is 0. The van der Waals surface area contributed by atoms with E-state index in [0.29, 0.717) is 11.5 Å². The third-order valence-electron chi connectivity index (χ3n) is 5.83. The van der Waals surface area contributed by atoms with Gasteiger partial charge in [0.15, 0.2) is 6.10 Å². The Morgan fingerprint density at radius 1 is 1.20 bits per heavy atom. The van der Waals surface area contributed by atoms with Crippen LogP contribution in [0.1, 0.15) is 55.5 Å². The number of nitrogens with one attached hydrogen (secondary N) is 1. The lowest BCUT2D eigenvalue weighted by molar-refractivity contribution is -0.130. The van der Waals surface area contributed by atoms with Crippen LogP contribution in [0.5, 0.6) is 0 Å². The third kappa shape index (κ3) is 4.03. The zero-order chi connectivity index (χ0) is 18.0. The second-order valence-electron chi connectivity index (χ2n) is 7.54. The maximum Gasteiger partial charge on any atom is 0.338 e. The maximum absolute atomic E-state index is 12.4. The normalized spacial score (nSPS) is 26.9. The van der Waals surface area contributed by atoms with Crippen molar-refractivity contribution in [1.29, 1.82) is 0 Å². The second kappa shape index (κ2) is 7.56. The topological polar surface area (TPSA) is 75.6 Å². The molecule has 2 N–H and O–H groups in total. The maximum atomic E-state index is 12.4. The summed E-state index contributed by atoms with van der Waals surface area (Å²) in [5.74, 6) is 1.36. The largest absolute Gasteiger partial charge is 0.449 e. The minimum absolute atomic E-state index is 0.0744. The van der Waals surface area contributed by atoms with Gasteiger partial charge in [0.05, 0.1) is 12.2 Å². The van der Waals surface area contributed by atoms with Gasteiger partial charge in [-0.05, 0) is 68.6 Å². The van der Waals surface area contributed by atoms with Gasteiger partial charge in [-0.25, -0.2) is 4.79 Å². The summed E-state index contributed by atoms with van der Waals surface area (Å²) in [6.07, 6.45) is 4.30. The number of aliphatic hydroxyl groups excluding tert-OH is 1.